The fourth-order valence-electron chi connectivity index (χ4n) is 3.45. The monoisotopic (exact) mass is 525 g/mol. The molecule has 1 amide bonds. The molecule has 35 heavy (non-hydrogen) atoms. The first-order chi connectivity index (χ1) is 16.7. The Morgan fingerprint density at radius 3 is 2.20 bits per heavy atom. The Kier molecular flexibility index (Phi) is 7.69. The number of amides is 1. The number of ether oxygens (including phenoxy) is 2. The molecule has 1 aliphatic rings. The van der Waals surface area contributed by atoms with Crippen LogP contribution in [0.1, 0.15) is 11.1 Å². The first kappa shape index (κ1) is 25.1. The fourth-order valence-corrected chi connectivity index (χ4v) is 3.78. The first-order valence-corrected chi connectivity index (χ1v) is 11.4. The van der Waals surface area contributed by atoms with Crippen LogP contribution >= 0.6 is 23.2 Å². The van der Waals surface area contributed by atoms with Gasteiger partial charge in [0.15, 0.2) is 0 Å². The second kappa shape index (κ2) is 10.7. The maximum atomic E-state index is 12.6. The van der Waals surface area contributed by atoms with Gasteiger partial charge in [0.1, 0.15) is 11.5 Å². The summed E-state index contributed by atoms with van der Waals surface area (Å²) < 4.78 is 48.8. The van der Waals surface area contributed by atoms with Gasteiger partial charge in [-0.15, -0.1) is 0 Å². The number of halogens is 5. The van der Waals surface area contributed by atoms with E-state index in [9.17, 15) is 18.0 Å². The van der Waals surface area contributed by atoms with E-state index in [2.05, 4.69) is 9.88 Å². The van der Waals surface area contributed by atoms with Crippen LogP contribution in [-0.2, 0) is 12.7 Å². The van der Waals surface area contributed by atoms with Crippen LogP contribution in [0, 0.1) is 0 Å². The van der Waals surface area contributed by atoms with E-state index in [-0.39, 0.29) is 5.88 Å². The third-order valence-electron chi connectivity index (χ3n) is 5.34. The van der Waals surface area contributed by atoms with Gasteiger partial charge >= 0.3 is 12.3 Å². The predicted molar refractivity (Wildman–Crippen MR) is 125 cm³/mol. The molecule has 184 valence electrons. The van der Waals surface area contributed by atoms with E-state index >= 15 is 0 Å². The van der Waals surface area contributed by atoms with Gasteiger partial charge in [0, 0.05) is 45.0 Å². The van der Waals surface area contributed by atoms with Gasteiger partial charge in [0.2, 0.25) is 5.88 Å². The summed E-state index contributed by atoms with van der Waals surface area (Å²) in [6, 6.07) is 13.7. The number of carbonyl (C=O) groups is 1. The minimum absolute atomic E-state index is 0.0153. The van der Waals surface area contributed by atoms with E-state index in [4.69, 9.17) is 32.7 Å². The number of hydrogen-bond acceptors (Lipinski definition) is 5. The van der Waals surface area contributed by atoms with Gasteiger partial charge in [0.25, 0.3) is 0 Å². The summed E-state index contributed by atoms with van der Waals surface area (Å²) in [5, 5.41) is 1.03. The highest BCUT2D eigenvalue weighted by Crippen LogP contribution is 2.30. The van der Waals surface area contributed by atoms with Gasteiger partial charge in [-0.05, 0) is 48.0 Å². The van der Waals surface area contributed by atoms with Crippen LogP contribution in [0.25, 0.3) is 0 Å². The number of pyridine rings is 1. The molecular formula is C24H20Cl2F3N3O3. The molecule has 1 aliphatic heterocycles. The number of carbonyl (C=O) groups excluding carboxylic acids is 1. The molecule has 0 N–H and O–H groups in total. The number of nitrogens with zero attached hydrogens (tertiary/aromatic N) is 3. The number of benzene rings is 2. The zero-order valence-corrected chi connectivity index (χ0v) is 19.8. The number of piperazine rings is 1. The van der Waals surface area contributed by atoms with E-state index in [1.807, 2.05) is 12.1 Å². The second-order valence-electron chi connectivity index (χ2n) is 7.84. The summed E-state index contributed by atoms with van der Waals surface area (Å²) in [4.78, 5) is 20.0. The van der Waals surface area contributed by atoms with Crippen molar-refractivity contribution >= 4 is 29.3 Å². The normalized spacial score (nSPS) is 14.6. The topological polar surface area (TPSA) is 54.9 Å². The molecule has 0 radical (unpaired) electrons. The van der Waals surface area contributed by atoms with Crippen LogP contribution in [0.3, 0.4) is 0 Å². The summed E-state index contributed by atoms with van der Waals surface area (Å²) in [5.74, 6) is 0.676. The lowest BCUT2D eigenvalue weighted by Crippen LogP contribution is -2.49. The Hall–Kier alpha value is -3.01. The molecule has 6 nitrogen and oxygen atoms in total. The smallest absolute Gasteiger partial charge is 0.417 e. The van der Waals surface area contributed by atoms with Crippen molar-refractivity contribution in [3.05, 3.63) is 82.0 Å². The van der Waals surface area contributed by atoms with E-state index in [1.165, 1.54) is 24.3 Å². The lowest BCUT2D eigenvalue weighted by molar-refractivity contribution is -0.137. The third kappa shape index (κ3) is 6.78. The number of aromatic nitrogens is 1. The summed E-state index contributed by atoms with van der Waals surface area (Å²) in [6.45, 7) is 3.10. The van der Waals surface area contributed by atoms with Crippen LogP contribution in [-0.4, -0.2) is 47.1 Å². The summed E-state index contributed by atoms with van der Waals surface area (Å²) >= 11 is 12.0. The van der Waals surface area contributed by atoms with Crippen LogP contribution in [0.5, 0.6) is 17.4 Å². The highest BCUT2D eigenvalue weighted by atomic mass is 35.5. The van der Waals surface area contributed by atoms with Crippen molar-refractivity contribution in [1.29, 1.82) is 0 Å². The Morgan fingerprint density at radius 1 is 0.914 bits per heavy atom. The van der Waals surface area contributed by atoms with Crippen molar-refractivity contribution in [2.45, 2.75) is 12.7 Å². The molecule has 0 bridgehead atoms. The lowest BCUT2D eigenvalue weighted by Gasteiger charge is -2.34. The minimum atomic E-state index is -4.46. The van der Waals surface area contributed by atoms with Gasteiger partial charge < -0.3 is 14.4 Å². The van der Waals surface area contributed by atoms with Crippen LogP contribution in [0.4, 0.5) is 18.0 Å². The number of hydrogen-bond donors (Lipinski definition) is 0. The van der Waals surface area contributed by atoms with Crippen molar-refractivity contribution < 1.29 is 27.4 Å². The largest absolute Gasteiger partial charge is 0.439 e. The Morgan fingerprint density at radius 2 is 1.60 bits per heavy atom. The Bertz CT molecular complexity index is 1170. The molecule has 3 aromatic rings. The van der Waals surface area contributed by atoms with Crippen LogP contribution in [0.15, 0.2) is 60.8 Å². The molecule has 4 rings (SSSR count). The molecule has 0 unspecified atom stereocenters. The molecule has 0 atom stereocenters. The van der Waals surface area contributed by atoms with E-state index in [0.29, 0.717) is 60.5 Å². The predicted octanol–water partition coefficient (Wildman–Crippen LogP) is 6.52. The highest BCUT2D eigenvalue weighted by molar-refractivity contribution is 6.42. The standard InChI is InChI=1S/C24H20Cl2F3N3O3/c25-20-7-1-16(13-21(20)26)15-31-9-11-32(12-10-31)23(33)35-19-5-3-18(4-6-19)34-22-8-2-17(14-30-22)24(27,28)29/h1-8,13-14H,9-12,15H2. The average molecular weight is 526 g/mol. The molecule has 2 heterocycles. The SMILES string of the molecule is O=C(Oc1ccc(Oc2ccc(C(F)(F)F)cn2)cc1)N1CCN(Cc2ccc(Cl)c(Cl)c2)CC1. The van der Waals surface area contributed by atoms with Crippen molar-refractivity contribution in [1.82, 2.24) is 14.8 Å². The quantitative estimate of drug-likeness (QED) is 0.379. The first-order valence-electron chi connectivity index (χ1n) is 10.6. The van der Waals surface area contributed by atoms with Crippen molar-refractivity contribution in [2.75, 3.05) is 26.2 Å². The van der Waals surface area contributed by atoms with Crippen molar-refractivity contribution in [3.8, 4) is 17.4 Å². The van der Waals surface area contributed by atoms with E-state index in [1.54, 1.807) is 11.0 Å². The molecule has 11 heteroatoms. The molecule has 1 fully saturated rings. The van der Waals surface area contributed by atoms with Crippen molar-refractivity contribution in [3.63, 3.8) is 0 Å². The minimum Gasteiger partial charge on any atom is -0.439 e. The summed E-state index contributed by atoms with van der Waals surface area (Å²) in [7, 11) is 0. The van der Waals surface area contributed by atoms with Crippen LogP contribution < -0.4 is 9.47 Å². The highest BCUT2D eigenvalue weighted by Gasteiger charge is 2.30. The molecule has 2 aromatic carbocycles. The molecule has 0 spiro atoms. The molecular weight excluding hydrogens is 506 g/mol. The van der Waals surface area contributed by atoms with Gasteiger partial charge in [-0.3, -0.25) is 4.90 Å². The number of alkyl halides is 3. The maximum Gasteiger partial charge on any atom is 0.417 e. The van der Waals surface area contributed by atoms with E-state index < -0.39 is 17.8 Å². The van der Waals surface area contributed by atoms with Gasteiger partial charge in [-0.25, -0.2) is 9.78 Å². The van der Waals surface area contributed by atoms with Gasteiger partial charge in [0.05, 0.1) is 15.6 Å². The van der Waals surface area contributed by atoms with Gasteiger partial charge in [-0.1, -0.05) is 29.3 Å². The summed E-state index contributed by atoms with van der Waals surface area (Å²) in [5.41, 5.74) is 0.187. The zero-order chi connectivity index (χ0) is 25.0. The average Bonchev–Trinajstić information content (AvgIpc) is 2.83. The number of rotatable bonds is 5. The van der Waals surface area contributed by atoms with Crippen LogP contribution in [0.2, 0.25) is 10.0 Å². The molecule has 1 saturated heterocycles. The molecule has 1 aromatic heterocycles. The summed E-state index contributed by atoms with van der Waals surface area (Å²) in [6.07, 6.45) is -4.22. The van der Waals surface area contributed by atoms with E-state index in [0.717, 1.165) is 17.7 Å². The maximum absolute atomic E-state index is 12.6. The Labute approximate surface area is 209 Å². The van der Waals surface area contributed by atoms with Gasteiger partial charge in [-0.2, -0.15) is 13.2 Å². The molecule has 0 aliphatic carbocycles. The Balaban J connectivity index is 1.25. The fraction of sp³-hybridized carbons (Fsp3) is 0.250. The second-order valence-corrected chi connectivity index (χ2v) is 8.65. The third-order valence-corrected chi connectivity index (χ3v) is 6.07. The zero-order valence-electron chi connectivity index (χ0n) is 18.3. The van der Waals surface area contributed by atoms with Crippen molar-refractivity contribution in [2.24, 2.45) is 0 Å². The lowest BCUT2D eigenvalue weighted by atomic mass is 10.2. The molecule has 0 saturated carbocycles.